The van der Waals surface area contributed by atoms with E-state index in [1.807, 2.05) is 31.2 Å². The number of benzene rings is 1. The number of thioether (sulfide) groups is 1. The third kappa shape index (κ3) is 4.59. The van der Waals surface area contributed by atoms with Crippen LogP contribution in [0.4, 0.5) is 0 Å². The first-order valence-corrected chi connectivity index (χ1v) is 10.9. The lowest BCUT2D eigenvalue weighted by molar-refractivity contribution is 0.288. The van der Waals surface area contributed by atoms with Gasteiger partial charge < -0.3 is 9.26 Å². The monoisotopic (exact) mass is 433 g/mol. The lowest BCUT2D eigenvalue weighted by Crippen LogP contribution is -2.13. The molecular weight excluding hydrogens is 410 g/mol. The van der Waals surface area contributed by atoms with Crippen molar-refractivity contribution < 1.29 is 9.26 Å². The van der Waals surface area contributed by atoms with Gasteiger partial charge in [-0.15, -0.1) is 10.2 Å². The molecule has 2 heterocycles. The SMILES string of the molecule is CC(Sc1nnc(COc2ccccc2Cl)n1C1CC1)c1nc(C(C)(C)C)no1. The van der Waals surface area contributed by atoms with Crippen molar-refractivity contribution in [3.05, 3.63) is 46.8 Å². The second kappa shape index (κ2) is 7.99. The van der Waals surface area contributed by atoms with Crippen LogP contribution < -0.4 is 4.74 Å². The van der Waals surface area contributed by atoms with Crippen LogP contribution >= 0.6 is 23.4 Å². The van der Waals surface area contributed by atoms with Crippen molar-refractivity contribution in [3.8, 4) is 5.75 Å². The predicted molar refractivity (Wildman–Crippen MR) is 111 cm³/mol. The maximum atomic E-state index is 6.19. The standard InChI is InChI=1S/C20H24ClN5O2S/c1-12(17-22-18(25-28-17)20(2,3)4)29-19-24-23-16(26(19)13-9-10-13)11-27-15-8-6-5-7-14(15)21/h5-8,12-13H,9-11H2,1-4H3. The third-order valence-corrected chi connectivity index (χ3v) is 5.94. The van der Waals surface area contributed by atoms with Crippen LogP contribution in [0.25, 0.3) is 0 Å². The van der Waals surface area contributed by atoms with Crippen LogP contribution in [0.1, 0.15) is 69.4 Å². The largest absolute Gasteiger partial charge is 0.484 e. The van der Waals surface area contributed by atoms with E-state index in [1.54, 1.807) is 11.8 Å². The Morgan fingerprint density at radius 1 is 1.28 bits per heavy atom. The molecule has 1 atom stereocenters. The van der Waals surface area contributed by atoms with Crippen LogP contribution in [-0.2, 0) is 12.0 Å². The quantitative estimate of drug-likeness (QED) is 0.463. The topological polar surface area (TPSA) is 78.9 Å². The summed E-state index contributed by atoms with van der Waals surface area (Å²) in [7, 11) is 0. The van der Waals surface area contributed by atoms with Crippen LogP contribution in [0, 0.1) is 0 Å². The predicted octanol–water partition coefficient (Wildman–Crippen LogP) is 5.38. The molecule has 1 aromatic carbocycles. The Balaban J connectivity index is 1.49. The van der Waals surface area contributed by atoms with Gasteiger partial charge in [0, 0.05) is 11.5 Å². The van der Waals surface area contributed by atoms with Gasteiger partial charge in [0.05, 0.1) is 10.3 Å². The van der Waals surface area contributed by atoms with Crippen molar-refractivity contribution in [2.75, 3.05) is 0 Å². The maximum absolute atomic E-state index is 6.19. The van der Waals surface area contributed by atoms with Gasteiger partial charge in [0.25, 0.3) is 0 Å². The molecule has 4 rings (SSSR count). The smallest absolute Gasteiger partial charge is 0.239 e. The number of para-hydroxylation sites is 1. The van der Waals surface area contributed by atoms with Gasteiger partial charge in [0.1, 0.15) is 12.4 Å². The van der Waals surface area contributed by atoms with Gasteiger partial charge in [-0.2, -0.15) is 4.98 Å². The van der Waals surface area contributed by atoms with Crippen molar-refractivity contribution in [3.63, 3.8) is 0 Å². The van der Waals surface area contributed by atoms with E-state index < -0.39 is 0 Å². The molecule has 2 aromatic heterocycles. The number of nitrogens with zero attached hydrogens (tertiary/aromatic N) is 5. The first kappa shape index (κ1) is 20.2. The molecule has 1 unspecified atom stereocenters. The molecule has 1 aliphatic carbocycles. The van der Waals surface area contributed by atoms with Crippen LogP contribution in [0.15, 0.2) is 33.9 Å². The van der Waals surface area contributed by atoms with Gasteiger partial charge in [-0.3, -0.25) is 4.57 Å². The number of hydrogen-bond acceptors (Lipinski definition) is 7. The van der Waals surface area contributed by atoms with Crippen LogP contribution in [0.3, 0.4) is 0 Å². The van der Waals surface area contributed by atoms with Gasteiger partial charge in [-0.1, -0.05) is 61.4 Å². The molecule has 1 fully saturated rings. The molecule has 0 N–H and O–H groups in total. The number of hydrogen-bond donors (Lipinski definition) is 0. The first-order chi connectivity index (χ1) is 13.8. The Kier molecular flexibility index (Phi) is 5.57. The third-order valence-electron chi connectivity index (χ3n) is 4.58. The number of aromatic nitrogens is 5. The van der Waals surface area contributed by atoms with Crippen LogP contribution in [0.5, 0.6) is 5.75 Å². The molecule has 0 radical (unpaired) electrons. The lowest BCUT2D eigenvalue weighted by Gasteiger charge is -2.12. The summed E-state index contributed by atoms with van der Waals surface area (Å²) in [6.45, 7) is 8.55. The van der Waals surface area contributed by atoms with Gasteiger partial charge in [-0.05, 0) is 31.9 Å². The van der Waals surface area contributed by atoms with Crippen LogP contribution in [-0.4, -0.2) is 24.9 Å². The Bertz CT molecular complexity index is 993. The Morgan fingerprint density at radius 2 is 2.03 bits per heavy atom. The summed E-state index contributed by atoms with van der Waals surface area (Å²) in [5.41, 5.74) is -0.149. The van der Waals surface area contributed by atoms with Crippen LogP contribution in [0.2, 0.25) is 5.02 Å². The van der Waals surface area contributed by atoms with E-state index in [2.05, 4.69) is 45.7 Å². The second-order valence-corrected chi connectivity index (χ2v) is 9.90. The molecule has 1 saturated carbocycles. The molecule has 0 bridgehead atoms. The van der Waals surface area contributed by atoms with E-state index >= 15 is 0 Å². The zero-order chi connectivity index (χ0) is 20.6. The maximum Gasteiger partial charge on any atom is 0.239 e. The molecule has 9 heteroatoms. The molecule has 0 amide bonds. The van der Waals surface area contributed by atoms with E-state index in [0.717, 1.165) is 23.8 Å². The average molecular weight is 434 g/mol. The van der Waals surface area contributed by atoms with E-state index in [4.69, 9.17) is 20.9 Å². The zero-order valence-corrected chi connectivity index (χ0v) is 18.5. The van der Waals surface area contributed by atoms with E-state index in [9.17, 15) is 0 Å². The summed E-state index contributed by atoms with van der Waals surface area (Å²) in [6, 6.07) is 7.84. The lowest BCUT2D eigenvalue weighted by atomic mass is 9.96. The van der Waals surface area contributed by atoms with Gasteiger partial charge >= 0.3 is 0 Å². The highest BCUT2D eigenvalue weighted by Crippen LogP contribution is 2.42. The van der Waals surface area contributed by atoms with Crippen molar-refractivity contribution in [2.24, 2.45) is 0 Å². The van der Waals surface area contributed by atoms with E-state index in [1.165, 1.54) is 0 Å². The molecule has 1 aliphatic rings. The number of halogens is 1. The minimum absolute atomic E-state index is 0.0300. The summed E-state index contributed by atoms with van der Waals surface area (Å²) < 4.78 is 13.5. The summed E-state index contributed by atoms with van der Waals surface area (Å²) in [4.78, 5) is 4.56. The number of rotatable bonds is 7. The Morgan fingerprint density at radius 3 is 2.69 bits per heavy atom. The highest BCUT2D eigenvalue weighted by Gasteiger charge is 2.31. The molecule has 0 saturated heterocycles. The van der Waals surface area contributed by atoms with E-state index in [0.29, 0.717) is 35.1 Å². The first-order valence-electron chi connectivity index (χ1n) is 9.65. The Hall–Kier alpha value is -2.06. The molecule has 7 nitrogen and oxygen atoms in total. The highest BCUT2D eigenvalue weighted by molar-refractivity contribution is 7.99. The molecular formula is C20H24ClN5O2S. The molecule has 0 spiro atoms. The number of ether oxygens (including phenoxy) is 1. The van der Waals surface area contributed by atoms with Crippen molar-refractivity contribution in [2.45, 2.75) is 69.0 Å². The van der Waals surface area contributed by atoms with Crippen molar-refractivity contribution >= 4 is 23.4 Å². The molecule has 29 heavy (non-hydrogen) atoms. The second-order valence-electron chi connectivity index (χ2n) is 8.19. The minimum atomic E-state index is -0.149. The fourth-order valence-electron chi connectivity index (χ4n) is 2.80. The van der Waals surface area contributed by atoms with Crippen molar-refractivity contribution in [1.82, 2.24) is 24.9 Å². The fraction of sp³-hybridized carbons (Fsp3) is 0.500. The van der Waals surface area contributed by atoms with Gasteiger partial charge in [0.2, 0.25) is 5.89 Å². The normalized spacial score (nSPS) is 15.5. The fourth-order valence-corrected chi connectivity index (χ4v) is 3.96. The minimum Gasteiger partial charge on any atom is -0.484 e. The van der Waals surface area contributed by atoms with Gasteiger partial charge in [-0.25, -0.2) is 0 Å². The van der Waals surface area contributed by atoms with E-state index in [-0.39, 0.29) is 10.7 Å². The molecule has 0 aliphatic heterocycles. The summed E-state index contributed by atoms with van der Waals surface area (Å²) in [5, 5.41) is 14.3. The summed E-state index contributed by atoms with van der Waals surface area (Å²) in [6.07, 6.45) is 2.24. The van der Waals surface area contributed by atoms with Gasteiger partial charge in [0.15, 0.2) is 16.8 Å². The highest BCUT2D eigenvalue weighted by atomic mass is 35.5. The molecule has 154 valence electrons. The summed E-state index contributed by atoms with van der Waals surface area (Å²) >= 11 is 7.76. The average Bonchev–Trinajstić information content (AvgIpc) is 3.22. The Labute approximate surface area is 179 Å². The summed E-state index contributed by atoms with van der Waals surface area (Å²) in [5.74, 6) is 2.74. The molecule has 3 aromatic rings. The zero-order valence-electron chi connectivity index (χ0n) is 16.9. The van der Waals surface area contributed by atoms with Crippen molar-refractivity contribution in [1.29, 1.82) is 0 Å².